The van der Waals surface area contributed by atoms with Crippen molar-refractivity contribution >= 4 is 45.5 Å². The van der Waals surface area contributed by atoms with Gasteiger partial charge in [-0.25, -0.2) is 0 Å². The van der Waals surface area contributed by atoms with E-state index in [4.69, 9.17) is 0 Å². The molecule has 1 aromatic carbocycles. The molecule has 0 aliphatic heterocycles. The standard InChI is InChI=1S/C15H13N3OS3/c1-2-20-15-18-17-14(22-15)16-13(19)12-11(8-9-21-12)10-6-4-3-5-7-10/h3-9H,2H2,1H3,(H,16,17,19). The van der Waals surface area contributed by atoms with Gasteiger partial charge < -0.3 is 0 Å². The fraction of sp³-hybridized carbons (Fsp3) is 0.133. The Morgan fingerprint density at radius 2 is 2.05 bits per heavy atom. The molecule has 0 aliphatic rings. The first-order valence-corrected chi connectivity index (χ1v) is 9.36. The zero-order valence-electron chi connectivity index (χ0n) is 11.8. The molecule has 0 atom stereocenters. The van der Waals surface area contributed by atoms with Gasteiger partial charge in [-0.05, 0) is 22.8 Å². The van der Waals surface area contributed by atoms with Gasteiger partial charge >= 0.3 is 0 Å². The van der Waals surface area contributed by atoms with Crippen molar-refractivity contribution in [1.82, 2.24) is 10.2 Å². The fourth-order valence-electron chi connectivity index (χ4n) is 1.93. The van der Waals surface area contributed by atoms with Crippen LogP contribution >= 0.6 is 34.4 Å². The molecule has 22 heavy (non-hydrogen) atoms. The smallest absolute Gasteiger partial charge is 0.268 e. The quantitative estimate of drug-likeness (QED) is 0.540. The van der Waals surface area contributed by atoms with Crippen molar-refractivity contribution in [2.45, 2.75) is 11.3 Å². The average Bonchev–Trinajstić information content (AvgIpc) is 3.18. The monoisotopic (exact) mass is 347 g/mol. The lowest BCUT2D eigenvalue weighted by atomic mass is 10.1. The summed E-state index contributed by atoms with van der Waals surface area (Å²) in [7, 11) is 0. The number of aromatic nitrogens is 2. The van der Waals surface area contributed by atoms with Crippen LogP contribution in [-0.2, 0) is 0 Å². The van der Waals surface area contributed by atoms with Gasteiger partial charge in [0, 0.05) is 5.56 Å². The van der Waals surface area contributed by atoms with Gasteiger partial charge in [0.2, 0.25) is 5.13 Å². The Labute approximate surface area is 140 Å². The van der Waals surface area contributed by atoms with Gasteiger partial charge in [-0.15, -0.1) is 21.5 Å². The van der Waals surface area contributed by atoms with Crippen LogP contribution in [0.5, 0.6) is 0 Å². The highest BCUT2D eigenvalue weighted by Gasteiger charge is 2.16. The summed E-state index contributed by atoms with van der Waals surface area (Å²) in [6.45, 7) is 2.06. The van der Waals surface area contributed by atoms with Crippen LogP contribution in [0.15, 0.2) is 46.1 Å². The molecule has 0 unspecified atom stereocenters. The summed E-state index contributed by atoms with van der Waals surface area (Å²) in [4.78, 5) is 13.2. The van der Waals surface area contributed by atoms with Crippen LogP contribution in [0, 0.1) is 0 Å². The van der Waals surface area contributed by atoms with E-state index >= 15 is 0 Å². The topological polar surface area (TPSA) is 54.9 Å². The molecule has 3 rings (SSSR count). The third-order valence-electron chi connectivity index (χ3n) is 2.85. The highest BCUT2D eigenvalue weighted by Crippen LogP contribution is 2.30. The molecule has 3 aromatic rings. The van der Waals surface area contributed by atoms with Crippen molar-refractivity contribution in [2.75, 3.05) is 11.1 Å². The molecule has 1 amide bonds. The molecule has 2 aromatic heterocycles. The van der Waals surface area contributed by atoms with Crippen molar-refractivity contribution in [2.24, 2.45) is 0 Å². The molecule has 0 saturated heterocycles. The number of rotatable bonds is 5. The van der Waals surface area contributed by atoms with Crippen LogP contribution in [0.4, 0.5) is 5.13 Å². The predicted octanol–water partition coefficient (Wildman–Crippen LogP) is 4.63. The third-order valence-corrected chi connectivity index (χ3v) is 5.62. The largest absolute Gasteiger partial charge is 0.296 e. The molecule has 0 aliphatic carbocycles. The Morgan fingerprint density at radius 1 is 1.23 bits per heavy atom. The average molecular weight is 347 g/mol. The first-order valence-electron chi connectivity index (χ1n) is 6.68. The Balaban J connectivity index is 1.79. The first-order chi connectivity index (χ1) is 10.8. The summed E-state index contributed by atoms with van der Waals surface area (Å²) in [5.74, 6) is 0.795. The predicted molar refractivity (Wildman–Crippen MR) is 94.0 cm³/mol. The minimum absolute atomic E-state index is 0.141. The minimum Gasteiger partial charge on any atom is -0.296 e. The number of thiophene rings is 1. The second-order valence-corrected chi connectivity index (χ2v) is 7.69. The molecular formula is C15H13N3OS3. The molecule has 112 valence electrons. The number of nitrogens with zero attached hydrogens (tertiary/aromatic N) is 2. The van der Waals surface area contributed by atoms with E-state index in [2.05, 4.69) is 22.4 Å². The van der Waals surface area contributed by atoms with Crippen LogP contribution < -0.4 is 5.32 Å². The van der Waals surface area contributed by atoms with E-state index < -0.39 is 0 Å². The lowest BCUT2D eigenvalue weighted by molar-refractivity contribution is 0.103. The maximum atomic E-state index is 12.5. The highest BCUT2D eigenvalue weighted by molar-refractivity contribution is 8.01. The van der Waals surface area contributed by atoms with Crippen molar-refractivity contribution in [3.05, 3.63) is 46.7 Å². The van der Waals surface area contributed by atoms with Gasteiger partial charge in [0.1, 0.15) is 4.88 Å². The number of hydrogen-bond donors (Lipinski definition) is 1. The third kappa shape index (κ3) is 3.37. The molecular weight excluding hydrogens is 334 g/mol. The van der Waals surface area contributed by atoms with Crippen LogP contribution in [-0.4, -0.2) is 21.9 Å². The lowest BCUT2D eigenvalue weighted by Gasteiger charge is -2.03. The van der Waals surface area contributed by atoms with Crippen LogP contribution in [0.25, 0.3) is 11.1 Å². The number of anilines is 1. The fourth-order valence-corrected chi connectivity index (χ4v) is 4.38. The van der Waals surface area contributed by atoms with Gasteiger partial charge in [-0.1, -0.05) is 60.4 Å². The highest BCUT2D eigenvalue weighted by atomic mass is 32.2. The summed E-state index contributed by atoms with van der Waals surface area (Å²) in [5.41, 5.74) is 1.98. The zero-order chi connectivity index (χ0) is 15.4. The van der Waals surface area contributed by atoms with Gasteiger partial charge in [0.05, 0.1) is 0 Å². The number of carbonyl (C=O) groups is 1. The van der Waals surface area contributed by atoms with E-state index in [1.165, 1.54) is 22.7 Å². The van der Waals surface area contributed by atoms with Gasteiger partial charge in [-0.2, -0.15) is 0 Å². The van der Waals surface area contributed by atoms with E-state index in [0.29, 0.717) is 10.0 Å². The second kappa shape index (κ2) is 7.04. The van der Waals surface area contributed by atoms with E-state index in [1.807, 2.05) is 41.8 Å². The van der Waals surface area contributed by atoms with E-state index in [0.717, 1.165) is 21.2 Å². The Morgan fingerprint density at radius 3 is 2.82 bits per heavy atom. The zero-order valence-corrected chi connectivity index (χ0v) is 14.2. The number of carbonyl (C=O) groups excluding carboxylic acids is 1. The van der Waals surface area contributed by atoms with E-state index in [9.17, 15) is 4.79 Å². The molecule has 0 fully saturated rings. The van der Waals surface area contributed by atoms with Gasteiger partial charge in [0.25, 0.3) is 5.91 Å². The second-order valence-electron chi connectivity index (χ2n) is 4.29. The number of amides is 1. The first kappa shape index (κ1) is 15.2. The van der Waals surface area contributed by atoms with Crippen LogP contribution in [0.1, 0.15) is 16.6 Å². The number of hydrogen-bond acceptors (Lipinski definition) is 6. The lowest BCUT2D eigenvalue weighted by Crippen LogP contribution is -2.11. The summed E-state index contributed by atoms with van der Waals surface area (Å²) < 4.78 is 0.868. The van der Waals surface area contributed by atoms with Crippen molar-refractivity contribution in [3.8, 4) is 11.1 Å². The molecule has 4 nitrogen and oxygen atoms in total. The molecule has 0 bridgehead atoms. The maximum Gasteiger partial charge on any atom is 0.268 e. The summed E-state index contributed by atoms with van der Waals surface area (Å²) in [6.07, 6.45) is 0. The normalized spacial score (nSPS) is 10.6. The molecule has 7 heteroatoms. The SMILES string of the molecule is CCSc1nnc(NC(=O)c2sccc2-c2ccccc2)s1. The van der Waals surface area contributed by atoms with Gasteiger partial charge in [0.15, 0.2) is 4.34 Å². The van der Waals surface area contributed by atoms with Crippen LogP contribution in [0.2, 0.25) is 0 Å². The Hall–Kier alpha value is -1.70. The molecule has 0 spiro atoms. The van der Waals surface area contributed by atoms with E-state index in [1.54, 1.807) is 11.8 Å². The van der Waals surface area contributed by atoms with Crippen molar-refractivity contribution in [1.29, 1.82) is 0 Å². The maximum absolute atomic E-state index is 12.5. The molecule has 0 radical (unpaired) electrons. The van der Waals surface area contributed by atoms with Crippen molar-refractivity contribution in [3.63, 3.8) is 0 Å². The summed E-state index contributed by atoms with van der Waals surface area (Å²) in [6, 6.07) is 11.9. The molecule has 0 saturated carbocycles. The number of thioether (sulfide) groups is 1. The summed E-state index contributed by atoms with van der Waals surface area (Å²) in [5, 5.41) is 13.3. The van der Waals surface area contributed by atoms with Crippen molar-refractivity contribution < 1.29 is 4.79 Å². The Kier molecular flexibility index (Phi) is 4.87. The summed E-state index contributed by atoms with van der Waals surface area (Å²) >= 11 is 4.44. The van der Waals surface area contributed by atoms with Gasteiger partial charge in [-0.3, -0.25) is 10.1 Å². The number of nitrogens with one attached hydrogen (secondary N) is 1. The minimum atomic E-state index is -0.141. The Bertz CT molecular complexity index is 767. The van der Waals surface area contributed by atoms with E-state index in [-0.39, 0.29) is 5.91 Å². The molecule has 2 heterocycles. The van der Waals surface area contributed by atoms with Crippen LogP contribution in [0.3, 0.4) is 0 Å². The number of benzene rings is 1. The molecule has 1 N–H and O–H groups in total.